The topological polar surface area (TPSA) is 75.6 Å². The van der Waals surface area contributed by atoms with Crippen molar-refractivity contribution >= 4 is 11.9 Å². The van der Waals surface area contributed by atoms with Crippen molar-refractivity contribution in [1.29, 1.82) is 0 Å². The van der Waals surface area contributed by atoms with E-state index in [-0.39, 0.29) is 18.2 Å². The summed E-state index contributed by atoms with van der Waals surface area (Å²) >= 11 is 0. The van der Waals surface area contributed by atoms with Crippen molar-refractivity contribution in [3.63, 3.8) is 0 Å². The molecule has 3 atom stereocenters. The van der Waals surface area contributed by atoms with E-state index in [2.05, 4.69) is 5.32 Å². The molecule has 5 nitrogen and oxygen atoms in total. The number of hydrogen-bond donors (Lipinski definition) is 2. The number of nitrogens with one attached hydrogen (secondary N) is 1. The normalized spacial score (nSPS) is 37.3. The molecule has 5 heteroatoms. The second-order valence-corrected chi connectivity index (χ2v) is 4.20. The predicted octanol–water partition coefficient (Wildman–Crippen LogP) is -0.813. The molecule has 1 amide bonds. The van der Waals surface area contributed by atoms with Gasteiger partial charge in [-0.2, -0.15) is 0 Å². The van der Waals surface area contributed by atoms with E-state index in [4.69, 9.17) is 4.74 Å². The second-order valence-electron chi connectivity index (χ2n) is 4.20. The molecular formula is C9H13NO4. The molecule has 0 aromatic rings. The van der Waals surface area contributed by atoms with Crippen molar-refractivity contribution in [3.05, 3.63) is 0 Å². The highest BCUT2D eigenvalue weighted by molar-refractivity contribution is 5.98. The van der Waals surface area contributed by atoms with E-state index < -0.39 is 23.7 Å². The van der Waals surface area contributed by atoms with Gasteiger partial charge >= 0.3 is 5.97 Å². The second kappa shape index (κ2) is 2.70. The number of aliphatic hydroxyl groups is 1. The minimum absolute atomic E-state index is 0.0937. The number of carbonyl (C=O) groups excluding carboxylic acids is 2. The van der Waals surface area contributed by atoms with Gasteiger partial charge in [0.1, 0.15) is 6.10 Å². The van der Waals surface area contributed by atoms with Crippen LogP contribution in [0.4, 0.5) is 0 Å². The lowest BCUT2D eigenvalue weighted by molar-refractivity contribution is -0.202. The summed E-state index contributed by atoms with van der Waals surface area (Å²) in [5.41, 5.74) is -1.16. The van der Waals surface area contributed by atoms with Crippen molar-refractivity contribution in [3.8, 4) is 0 Å². The average Bonchev–Trinajstić information content (AvgIpc) is 2.37. The maximum atomic E-state index is 11.3. The summed E-state index contributed by atoms with van der Waals surface area (Å²) in [6, 6.07) is 0. The van der Waals surface area contributed by atoms with Gasteiger partial charge in [0.15, 0.2) is 0 Å². The van der Waals surface area contributed by atoms with Crippen LogP contribution in [0.2, 0.25) is 0 Å². The number of ether oxygens (including phenoxy) is 1. The summed E-state index contributed by atoms with van der Waals surface area (Å²) < 4.78 is 4.83. The van der Waals surface area contributed by atoms with Crippen molar-refractivity contribution in [2.24, 2.45) is 5.92 Å². The first-order valence-corrected chi connectivity index (χ1v) is 4.68. The van der Waals surface area contributed by atoms with Crippen LogP contribution in [0, 0.1) is 5.92 Å². The third-order valence-corrected chi connectivity index (χ3v) is 2.91. The standard InChI is InChI=1S/C9H13NO4/c1-4(2)7(12)9-5(14-8(9)13)3-6(11)10-9/h4-5,7,12H,3H2,1-2H3,(H,10,11). The monoisotopic (exact) mass is 199 g/mol. The fraction of sp³-hybridized carbons (Fsp3) is 0.778. The Bertz CT molecular complexity index is 301. The molecular weight excluding hydrogens is 186 g/mol. The average molecular weight is 199 g/mol. The molecule has 2 saturated heterocycles. The molecule has 2 rings (SSSR count). The Labute approximate surface area is 81.4 Å². The van der Waals surface area contributed by atoms with Crippen molar-refractivity contribution in [1.82, 2.24) is 5.32 Å². The molecule has 0 saturated carbocycles. The van der Waals surface area contributed by atoms with E-state index in [0.29, 0.717) is 0 Å². The highest BCUT2D eigenvalue weighted by atomic mass is 16.6. The van der Waals surface area contributed by atoms with Crippen LogP contribution in [-0.2, 0) is 14.3 Å². The Morgan fingerprint density at radius 3 is 2.64 bits per heavy atom. The van der Waals surface area contributed by atoms with Crippen molar-refractivity contribution in [2.75, 3.05) is 0 Å². The Morgan fingerprint density at radius 2 is 2.21 bits per heavy atom. The molecule has 14 heavy (non-hydrogen) atoms. The minimum atomic E-state index is -1.16. The van der Waals surface area contributed by atoms with E-state index in [1.54, 1.807) is 13.8 Å². The number of aliphatic hydroxyl groups excluding tert-OH is 1. The van der Waals surface area contributed by atoms with Gasteiger partial charge in [-0.15, -0.1) is 0 Å². The van der Waals surface area contributed by atoms with Crippen LogP contribution in [0.3, 0.4) is 0 Å². The van der Waals surface area contributed by atoms with Crippen molar-refractivity contribution in [2.45, 2.75) is 38.0 Å². The first-order chi connectivity index (χ1) is 6.48. The number of carbonyl (C=O) groups is 2. The molecule has 2 aliphatic heterocycles. The van der Waals surface area contributed by atoms with Crippen LogP contribution in [0.5, 0.6) is 0 Å². The fourth-order valence-corrected chi connectivity index (χ4v) is 2.09. The first kappa shape index (κ1) is 9.45. The Balaban J connectivity index is 2.28. The summed E-state index contributed by atoms with van der Waals surface area (Å²) in [6.45, 7) is 3.60. The van der Waals surface area contributed by atoms with Gasteiger partial charge in [-0.3, -0.25) is 4.79 Å². The molecule has 0 bridgehead atoms. The highest BCUT2D eigenvalue weighted by Crippen LogP contribution is 2.39. The van der Waals surface area contributed by atoms with E-state index >= 15 is 0 Å². The molecule has 2 heterocycles. The number of amides is 1. The molecule has 0 aromatic carbocycles. The molecule has 0 radical (unpaired) electrons. The SMILES string of the molecule is CC(C)C(O)C12NC(=O)CC1OC2=O. The fourth-order valence-electron chi connectivity index (χ4n) is 2.09. The van der Waals surface area contributed by atoms with Gasteiger partial charge < -0.3 is 15.2 Å². The quantitative estimate of drug-likeness (QED) is 0.570. The zero-order valence-corrected chi connectivity index (χ0v) is 8.11. The van der Waals surface area contributed by atoms with E-state index in [1.807, 2.05) is 0 Å². The maximum Gasteiger partial charge on any atom is 0.338 e. The molecule has 2 fully saturated rings. The number of hydrogen-bond acceptors (Lipinski definition) is 4. The Hall–Kier alpha value is -1.10. The van der Waals surface area contributed by atoms with Gasteiger partial charge in [0, 0.05) is 0 Å². The lowest BCUT2D eigenvalue weighted by Crippen LogP contribution is -2.73. The molecule has 0 aliphatic carbocycles. The molecule has 3 unspecified atom stereocenters. The maximum absolute atomic E-state index is 11.3. The molecule has 78 valence electrons. The van der Waals surface area contributed by atoms with Crippen LogP contribution in [0.15, 0.2) is 0 Å². The number of esters is 1. The lowest BCUT2D eigenvalue weighted by Gasteiger charge is -2.45. The summed E-state index contributed by atoms with van der Waals surface area (Å²) in [6.07, 6.45) is -1.20. The van der Waals surface area contributed by atoms with Crippen LogP contribution in [0.1, 0.15) is 20.3 Å². The van der Waals surface area contributed by atoms with Gasteiger partial charge in [0.25, 0.3) is 0 Å². The largest absolute Gasteiger partial charge is 0.457 e. The van der Waals surface area contributed by atoms with Gasteiger partial charge in [-0.1, -0.05) is 13.8 Å². The van der Waals surface area contributed by atoms with Crippen molar-refractivity contribution < 1.29 is 19.4 Å². The van der Waals surface area contributed by atoms with Crippen LogP contribution < -0.4 is 5.32 Å². The van der Waals surface area contributed by atoms with Crippen LogP contribution >= 0.6 is 0 Å². The third-order valence-electron chi connectivity index (χ3n) is 2.91. The predicted molar refractivity (Wildman–Crippen MR) is 46.2 cm³/mol. The highest BCUT2D eigenvalue weighted by Gasteiger charge is 2.68. The smallest absolute Gasteiger partial charge is 0.338 e. The lowest BCUT2D eigenvalue weighted by atomic mass is 9.78. The van der Waals surface area contributed by atoms with Gasteiger partial charge in [-0.05, 0) is 5.92 Å². The summed E-state index contributed by atoms with van der Waals surface area (Å²) in [4.78, 5) is 22.5. The first-order valence-electron chi connectivity index (χ1n) is 4.68. The van der Waals surface area contributed by atoms with E-state index in [0.717, 1.165) is 0 Å². The van der Waals surface area contributed by atoms with Crippen LogP contribution in [0.25, 0.3) is 0 Å². The molecule has 0 spiro atoms. The Morgan fingerprint density at radius 1 is 1.57 bits per heavy atom. The van der Waals surface area contributed by atoms with Gasteiger partial charge in [0.2, 0.25) is 11.4 Å². The number of rotatable bonds is 2. The third kappa shape index (κ3) is 0.930. The summed E-state index contributed by atoms with van der Waals surface area (Å²) in [5.74, 6) is -0.848. The van der Waals surface area contributed by atoms with Gasteiger partial charge in [0.05, 0.1) is 12.5 Å². The summed E-state index contributed by atoms with van der Waals surface area (Å²) in [5, 5.41) is 12.4. The number of fused-ring (bicyclic) bond motifs is 1. The zero-order chi connectivity index (χ0) is 10.5. The molecule has 2 N–H and O–H groups in total. The van der Waals surface area contributed by atoms with Gasteiger partial charge in [-0.25, -0.2) is 4.79 Å². The van der Waals surface area contributed by atoms with E-state index in [1.165, 1.54) is 0 Å². The summed E-state index contributed by atoms with van der Waals surface area (Å²) in [7, 11) is 0. The molecule has 0 aromatic heterocycles. The zero-order valence-electron chi connectivity index (χ0n) is 8.11. The minimum Gasteiger partial charge on any atom is -0.457 e. The van der Waals surface area contributed by atoms with E-state index in [9.17, 15) is 14.7 Å². The Kier molecular flexibility index (Phi) is 1.82. The molecule has 2 aliphatic rings. The van der Waals surface area contributed by atoms with Crippen LogP contribution in [-0.4, -0.2) is 34.7 Å².